The van der Waals surface area contributed by atoms with Crippen LogP contribution in [0, 0.1) is 17.8 Å². The summed E-state index contributed by atoms with van der Waals surface area (Å²) in [4.78, 5) is 38.6. The van der Waals surface area contributed by atoms with E-state index < -0.39 is 23.8 Å². The van der Waals surface area contributed by atoms with E-state index in [9.17, 15) is 19.5 Å². The zero-order valence-electron chi connectivity index (χ0n) is 17.5. The summed E-state index contributed by atoms with van der Waals surface area (Å²) in [6.07, 6.45) is 6.36. The number of carbonyl (C=O) groups is 3. The molecule has 6 nitrogen and oxygen atoms in total. The van der Waals surface area contributed by atoms with Gasteiger partial charge in [0.05, 0.1) is 23.5 Å². The molecule has 1 amide bonds. The third-order valence-electron chi connectivity index (χ3n) is 6.15. The summed E-state index contributed by atoms with van der Waals surface area (Å²) in [6, 6.07) is 0. The summed E-state index contributed by atoms with van der Waals surface area (Å²) in [6.45, 7) is 5.79. The van der Waals surface area contributed by atoms with Crippen LogP contribution in [0.1, 0.15) is 80.1 Å². The normalized spacial score (nSPS) is 24.1. The summed E-state index contributed by atoms with van der Waals surface area (Å²) in [5, 5.41) is 13.0. The highest BCUT2D eigenvalue weighted by molar-refractivity contribution is 7.17. The van der Waals surface area contributed by atoms with Crippen LogP contribution < -0.4 is 5.32 Å². The van der Waals surface area contributed by atoms with Crippen LogP contribution in [-0.2, 0) is 27.2 Å². The van der Waals surface area contributed by atoms with Crippen molar-refractivity contribution in [3.05, 3.63) is 16.0 Å². The van der Waals surface area contributed by atoms with Crippen LogP contribution in [0.2, 0.25) is 0 Å². The maximum Gasteiger partial charge on any atom is 0.341 e. The molecule has 3 rings (SSSR count). The Morgan fingerprint density at radius 2 is 1.86 bits per heavy atom. The van der Waals surface area contributed by atoms with Crippen LogP contribution in [-0.4, -0.2) is 29.1 Å². The van der Waals surface area contributed by atoms with Gasteiger partial charge in [-0.15, -0.1) is 11.3 Å². The Bertz CT molecular complexity index is 784. The van der Waals surface area contributed by atoms with Crippen LogP contribution >= 0.6 is 11.3 Å². The Morgan fingerprint density at radius 1 is 1.17 bits per heavy atom. The van der Waals surface area contributed by atoms with Crippen molar-refractivity contribution in [1.29, 1.82) is 0 Å². The Balaban J connectivity index is 1.89. The highest BCUT2D eigenvalue weighted by Crippen LogP contribution is 2.41. The number of anilines is 1. The zero-order valence-corrected chi connectivity index (χ0v) is 18.3. The summed E-state index contributed by atoms with van der Waals surface area (Å²) in [7, 11) is 0. The second-order valence-corrected chi connectivity index (χ2v) is 9.61. The number of hydrogen-bond acceptors (Lipinski definition) is 5. The number of carboxylic acid groups (broad SMARTS) is 1. The van der Waals surface area contributed by atoms with Gasteiger partial charge in [0.2, 0.25) is 5.91 Å². The largest absolute Gasteiger partial charge is 0.481 e. The van der Waals surface area contributed by atoms with Gasteiger partial charge in [0.25, 0.3) is 0 Å². The average Bonchev–Trinajstić information content (AvgIpc) is 3.04. The monoisotopic (exact) mass is 421 g/mol. The van der Waals surface area contributed by atoms with Gasteiger partial charge in [-0.25, -0.2) is 4.79 Å². The second-order valence-electron chi connectivity index (χ2n) is 8.50. The summed E-state index contributed by atoms with van der Waals surface area (Å²) < 4.78 is 5.46. The number of fused-ring (bicyclic) bond motifs is 1. The van der Waals surface area contributed by atoms with Gasteiger partial charge in [-0.05, 0) is 57.4 Å². The highest BCUT2D eigenvalue weighted by atomic mass is 32.1. The summed E-state index contributed by atoms with van der Waals surface area (Å²) in [5.41, 5.74) is 1.48. The molecule has 0 radical (unpaired) electrons. The Hall–Kier alpha value is -1.89. The lowest BCUT2D eigenvalue weighted by molar-refractivity contribution is -0.147. The van der Waals surface area contributed by atoms with Gasteiger partial charge >= 0.3 is 11.9 Å². The predicted molar refractivity (Wildman–Crippen MR) is 112 cm³/mol. The quantitative estimate of drug-likeness (QED) is 0.652. The molecule has 0 saturated heterocycles. The van der Waals surface area contributed by atoms with Crippen molar-refractivity contribution in [3.8, 4) is 0 Å². The van der Waals surface area contributed by atoms with Gasteiger partial charge in [-0.3, -0.25) is 9.59 Å². The van der Waals surface area contributed by atoms with Crippen molar-refractivity contribution in [2.24, 2.45) is 17.8 Å². The van der Waals surface area contributed by atoms with E-state index in [4.69, 9.17) is 4.74 Å². The van der Waals surface area contributed by atoms with Gasteiger partial charge in [0.1, 0.15) is 5.00 Å². The van der Waals surface area contributed by atoms with Gasteiger partial charge in [0.15, 0.2) is 0 Å². The number of amides is 1. The average molecular weight is 422 g/mol. The molecule has 1 heterocycles. The molecule has 0 unspecified atom stereocenters. The second kappa shape index (κ2) is 9.28. The zero-order chi connectivity index (χ0) is 21.1. The van der Waals surface area contributed by atoms with Crippen molar-refractivity contribution in [2.45, 2.75) is 78.2 Å². The molecule has 1 fully saturated rings. The smallest absolute Gasteiger partial charge is 0.341 e. The van der Waals surface area contributed by atoms with E-state index >= 15 is 0 Å². The molecule has 29 heavy (non-hydrogen) atoms. The molecule has 3 atom stereocenters. The molecule has 0 aliphatic heterocycles. The molecule has 0 aromatic carbocycles. The Morgan fingerprint density at radius 3 is 2.48 bits per heavy atom. The van der Waals surface area contributed by atoms with E-state index in [0.29, 0.717) is 29.3 Å². The van der Waals surface area contributed by atoms with Gasteiger partial charge in [-0.2, -0.15) is 0 Å². The van der Waals surface area contributed by atoms with E-state index in [1.165, 1.54) is 11.3 Å². The Labute approximate surface area is 176 Å². The lowest BCUT2D eigenvalue weighted by Gasteiger charge is -2.27. The van der Waals surface area contributed by atoms with Crippen LogP contribution in [0.15, 0.2) is 0 Å². The van der Waals surface area contributed by atoms with Crippen LogP contribution in [0.5, 0.6) is 0 Å². The molecule has 1 aromatic heterocycles. The number of hydrogen-bond donors (Lipinski definition) is 2. The molecule has 1 saturated carbocycles. The van der Waals surface area contributed by atoms with Gasteiger partial charge in [-0.1, -0.05) is 26.2 Å². The minimum atomic E-state index is -0.916. The van der Waals surface area contributed by atoms with Crippen molar-refractivity contribution in [1.82, 2.24) is 0 Å². The number of carbonyl (C=O) groups excluding carboxylic acids is 2. The van der Waals surface area contributed by atoms with Crippen molar-refractivity contribution < 1.29 is 24.2 Å². The first kappa shape index (κ1) is 21.8. The van der Waals surface area contributed by atoms with Crippen LogP contribution in [0.4, 0.5) is 5.00 Å². The maximum atomic E-state index is 13.0. The van der Waals surface area contributed by atoms with E-state index in [2.05, 4.69) is 12.2 Å². The molecule has 2 aliphatic rings. The molecule has 2 aliphatic carbocycles. The molecule has 0 spiro atoms. The molecule has 2 N–H and O–H groups in total. The number of thiophene rings is 1. The van der Waals surface area contributed by atoms with Crippen molar-refractivity contribution in [2.75, 3.05) is 5.32 Å². The fraction of sp³-hybridized carbons (Fsp3) is 0.682. The number of aliphatic carboxylic acids is 1. The minimum absolute atomic E-state index is 0.247. The predicted octanol–water partition coefficient (Wildman–Crippen LogP) is 4.66. The highest BCUT2D eigenvalue weighted by Gasteiger charge is 2.37. The number of esters is 1. The lowest BCUT2D eigenvalue weighted by Crippen LogP contribution is -2.36. The number of rotatable bonds is 6. The number of nitrogens with one attached hydrogen (secondary N) is 1. The van der Waals surface area contributed by atoms with E-state index in [-0.39, 0.29) is 12.0 Å². The third-order valence-corrected chi connectivity index (χ3v) is 7.32. The van der Waals surface area contributed by atoms with Gasteiger partial charge in [0, 0.05) is 4.88 Å². The first-order chi connectivity index (χ1) is 13.8. The minimum Gasteiger partial charge on any atom is -0.481 e. The molecule has 7 heteroatoms. The number of ether oxygens (including phenoxy) is 1. The summed E-state index contributed by atoms with van der Waals surface area (Å²) >= 11 is 1.46. The van der Waals surface area contributed by atoms with E-state index in [0.717, 1.165) is 49.0 Å². The first-order valence-corrected chi connectivity index (χ1v) is 11.5. The SMILES string of the molecule is CC[C@@H]1CCc2c(sc(NC(=O)[C@H]3CCCC[C@H]3C(=O)O)c2C(=O)OC(C)C)C1. The fourth-order valence-electron chi connectivity index (χ4n) is 4.52. The molecule has 1 aromatic rings. The van der Waals surface area contributed by atoms with E-state index in [1.807, 2.05) is 13.8 Å². The first-order valence-electron chi connectivity index (χ1n) is 10.7. The number of carboxylic acids is 1. The molecular formula is C22H31NO5S. The van der Waals surface area contributed by atoms with Crippen LogP contribution in [0.25, 0.3) is 0 Å². The molecular weight excluding hydrogens is 390 g/mol. The molecule has 0 bridgehead atoms. The maximum absolute atomic E-state index is 13.0. The fourth-order valence-corrected chi connectivity index (χ4v) is 5.88. The lowest BCUT2D eigenvalue weighted by atomic mass is 9.78. The topological polar surface area (TPSA) is 92.7 Å². The summed E-state index contributed by atoms with van der Waals surface area (Å²) in [5.74, 6) is -2.23. The van der Waals surface area contributed by atoms with Crippen molar-refractivity contribution in [3.63, 3.8) is 0 Å². The van der Waals surface area contributed by atoms with Crippen LogP contribution in [0.3, 0.4) is 0 Å². The molecule has 160 valence electrons. The Kier molecular flexibility index (Phi) is 6.98. The third kappa shape index (κ3) is 4.82. The van der Waals surface area contributed by atoms with E-state index in [1.54, 1.807) is 0 Å². The van der Waals surface area contributed by atoms with Gasteiger partial charge < -0.3 is 15.2 Å². The van der Waals surface area contributed by atoms with Crippen molar-refractivity contribution >= 4 is 34.2 Å². The standard InChI is InChI=1S/C22H31NO5S/c1-4-13-9-10-16-17(11-13)29-20(18(16)22(27)28-12(2)3)23-19(24)14-7-5-6-8-15(14)21(25)26/h12-15H,4-11H2,1-3H3,(H,23,24)(H,25,26)/t13-,14+,15-/m1/s1.